The molecule has 0 amide bonds. The molecule has 3 aromatic rings. The van der Waals surface area contributed by atoms with Crippen LogP contribution < -0.4 is 0 Å². The molecule has 2 nitrogen and oxygen atoms in total. The van der Waals surface area contributed by atoms with Crippen LogP contribution in [0.5, 0.6) is 0 Å². The van der Waals surface area contributed by atoms with E-state index in [9.17, 15) is 0 Å². The predicted octanol–water partition coefficient (Wildman–Crippen LogP) is 5.45. The van der Waals surface area contributed by atoms with E-state index in [1.165, 1.54) is 0 Å². The lowest BCUT2D eigenvalue weighted by Crippen LogP contribution is -1.88. The highest BCUT2D eigenvalue weighted by atomic mass is 14.9. The fourth-order valence-corrected chi connectivity index (χ4v) is 2.33. The first kappa shape index (κ1) is 14.8. The summed E-state index contributed by atoms with van der Waals surface area (Å²) in [7, 11) is 0. The van der Waals surface area contributed by atoms with Crippen LogP contribution in [0.3, 0.4) is 0 Å². The minimum Gasteiger partial charge on any atom is -0.323 e. The third-order valence-corrected chi connectivity index (χ3v) is 3.53. The number of rotatable bonds is 5. The Labute approximate surface area is 136 Å². The van der Waals surface area contributed by atoms with E-state index in [2.05, 4.69) is 46.7 Å². The maximum absolute atomic E-state index is 4.43. The van der Waals surface area contributed by atoms with E-state index in [0.29, 0.717) is 0 Å². The molecule has 0 radical (unpaired) electrons. The lowest BCUT2D eigenvalue weighted by molar-refractivity contribution is 1.08. The number of hydrogen-bond acceptors (Lipinski definition) is 1. The molecule has 0 fully saturated rings. The maximum Gasteiger partial charge on any atom is 0.0629 e. The Morgan fingerprint density at radius 1 is 0.913 bits per heavy atom. The Morgan fingerprint density at radius 3 is 2.30 bits per heavy atom. The van der Waals surface area contributed by atoms with E-state index >= 15 is 0 Å². The van der Waals surface area contributed by atoms with Crippen LogP contribution >= 0.6 is 0 Å². The first-order valence-electron chi connectivity index (χ1n) is 7.52. The average Bonchev–Trinajstić information content (AvgIpc) is 3.10. The van der Waals surface area contributed by atoms with Crippen molar-refractivity contribution in [3.05, 3.63) is 103 Å². The van der Waals surface area contributed by atoms with Crippen LogP contribution in [0.2, 0.25) is 0 Å². The van der Waals surface area contributed by atoms with Crippen LogP contribution in [0.1, 0.15) is 5.56 Å². The molecular formula is C21H18N2. The van der Waals surface area contributed by atoms with E-state index in [1.807, 2.05) is 66.9 Å². The van der Waals surface area contributed by atoms with Gasteiger partial charge in [0.2, 0.25) is 0 Å². The normalized spacial score (nSPS) is 11.7. The number of benzene rings is 2. The first-order valence-corrected chi connectivity index (χ1v) is 7.52. The number of aliphatic imine (C=N–C) groups is 1. The largest absolute Gasteiger partial charge is 0.323 e. The Balaban J connectivity index is 1.81. The molecule has 0 spiro atoms. The first-order chi connectivity index (χ1) is 11.4. The smallest absolute Gasteiger partial charge is 0.0629 e. The summed E-state index contributed by atoms with van der Waals surface area (Å²) in [5.41, 5.74) is 4.23. The van der Waals surface area contributed by atoms with Crippen molar-refractivity contribution in [2.45, 2.75) is 0 Å². The number of para-hydroxylation sites is 2. The van der Waals surface area contributed by atoms with Crippen molar-refractivity contribution in [3.63, 3.8) is 0 Å². The molecule has 0 saturated carbocycles. The summed E-state index contributed by atoms with van der Waals surface area (Å²) in [6.45, 7) is 3.91. The minimum absolute atomic E-state index is 0.939. The van der Waals surface area contributed by atoms with Crippen LogP contribution in [0, 0.1) is 0 Å². The zero-order chi connectivity index (χ0) is 15.9. The van der Waals surface area contributed by atoms with Gasteiger partial charge in [0.25, 0.3) is 0 Å². The Morgan fingerprint density at radius 2 is 1.61 bits per heavy atom. The highest BCUT2D eigenvalue weighted by Gasteiger charge is 2.01. The topological polar surface area (TPSA) is 17.3 Å². The summed E-state index contributed by atoms with van der Waals surface area (Å²) < 4.78 is 2.10. The molecule has 3 rings (SSSR count). The third kappa shape index (κ3) is 3.74. The van der Waals surface area contributed by atoms with Gasteiger partial charge in [0.05, 0.1) is 5.69 Å². The molecule has 0 aliphatic rings. The van der Waals surface area contributed by atoms with Crippen molar-refractivity contribution in [3.8, 4) is 5.69 Å². The van der Waals surface area contributed by atoms with Gasteiger partial charge in [-0.05, 0) is 47.5 Å². The second-order valence-corrected chi connectivity index (χ2v) is 5.08. The lowest BCUT2D eigenvalue weighted by atomic mass is 10.1. The van der Waals surface area contributed by atoms with E-state index in [4.69, 9.17) is 0 Å². The van der Waals surface area contributed by atoms with Crippen LogP contribution in [0.25, 0.3) is 11.3 Å². The lowest BCUT2D eigenvalue weighted by Gasteiger charge is -2.01. The van der Waals surface area contributed by atoms with Crippen molar-refractivity contribution >= 4 is 17.5 Å². The van der Waals surface area contributed by atoms with Crippen LogP contribution in [-0.4, -0.2) is 10.8 Å². The average molecular weight is 298 g/mol. The van der Waals surface area contributed by atoms with Crippen molar-refractivity contribution < 1.29 is 0 Å². The number of allylic oxidation sites excluding steroid dienone is 3. The molecule has 0 aliphatic carbocycles. The molecule has 0 N–H and O–H groups in total. The maximum atomic E-state index is 4.43. The van der Waals surface area contributed by atoms with Gasteiger partial charge in [0, 0.05) is 24.3 Å². The second-order valence-electron chi connectivity index (χ2n) is 5.08. The molecule has 0 atom stereocenters. The van der Waals surface area contributed by atoms with Gasteiger partial charge in [0.15, 0.2) is 0 Å². The zero-order valence-electron chi connectivity index (χ0n) is 12.8. The summed E-state index contributed by atoms with van der Waals surface area (Å²) in [4.78, 5) is 4.43. The third-order valence-electron chi connectivity index (χ3n) is 3.53. The number of hydrogen-bond donors (Lipinski definition) is 0. The SMILES string of the molecule is C=C/C(=C\C=Nc1ccccc1)c1ccn(-c2ccccc2)c1. The summed E-state index contributed by atoms with van der Waals surface area (Å²) in [6.07, 6.45) is 9.79. The van der Waals surface area contributed by atoms with E-state index in [-0.39, 0.29) is 0 Å². The van der Waals surface area contributed by atoms with Crippen molar-refractivity contribution in [1.82, 2.24) is 4.57 Å². The van der Waals surface area contributed by atoms with Gasteiger partial charge < -0.3 is 4.57 Å². The summed E-state index contributed by atoms with van der Waals surface area (Å²) >= 11 is 0. The summed E-state index contributed by atoms with van der Waals surface area (Å²) in [5, 5.41) is 0. The van der Waals surface area contributed by atoms with Crippen molar-refractivity contribution in [2.24, 2.45) is 4.99 Å². The van der Waals surface area contributed by atoms with Gasteiger partial charge in [0.1, 0.15) is 0 Å². The molecule has 1 aromatic heterocycles. The van der Waals surface area contributed by atoms with Gasteiger partial charge >= 0.3 is 0 Å². The molecule has 112 valence electrons. The molecule has 0 saturated heterocycles. The quantitative estimate of drug-likeness (QED) is 0.440. The number of aromatic nitrogens is 1. The Kier molecular flexibility index (Phi) is 4.65. The fraction of sp³-hybridized carbons (Fsp3) is 0. The van der Waals surface area contributed by atoms with Crippen LogP contribution in [-0.2, 0) is 0 Å². The molecule has 2 heteroatoms. The fourth-order valence-electron chi connectivity index (χ4n) is 2.33. The van der Waals surface area contributed by atoms with E-state index in [0.717, 1.165) is 22.5 Å². The second kappa shape index (κ2) is 7.23. The monoisotopic (exact) mass is 298 g/mol. The van der Waals surface area contributed by atoms with Crippen LogP contribution in [0.15, 0.2) is 103 Å². The molecule has 0 unspecified atom stereocenters. The van der Waals surface area contributed by atoms with E-state index < -0.39 is 0 Å². The van der Waals surface area contributed by atoms with Gasteiger partial charge in [-0.15, -0.1) is 0 Å². The van der Waals surface area contributed by atoms with Crippen molar-refractivity contribution in [2.75, 3.05) is 0 Å². The summed E-state index contributed by atoms with van der Waals surface area (Å²) in [6, 6.07) is 22.2. The van der Waals surface area contributed by atoms with Gasteiger partial charge in [-0.3, -0.25) is 4.99 Å². The van der Waals surface area contributed by atoms with Gasteiger partial charge in [-0.2, -0.15) is 0 Å². The standard InChI is InChI=1S/C21H18N2/c1-2-18(13-15-22-20-9-5-3-6-10-20)19-14-16-23(17-19)21-11-7-4-8-12-21/h2-17H,1H2/b18-13+,22-15?. The highest BCUT2D eigenvalue weighted by molar-refractivity contribution is 5.89. The highest BCUT2D eigenvalue weighted by Crippen LogP contribution is 2.18. The molecule has 2 aromatic carbocycles. The predicted molar refractivity (Wildman–Crippen MR) is 98.5 cm³/mol. The van der Waals surface area contributed by atoms with Gasteiger partial charge in [-0.1, -0.05) is 49.1 Å². The Bertz CT molecular complexity index is 825. The molecular weight excluding hydrogens is 280 g/mol. The molecule has 1 heterocycles. The van der Waals surface area contributed by atoms with Crippen molar-refractivity contribution in [1.29, 1.82) is 0 Å². The molecule has 0 bridgehead atoms. The summed E-state index contributed by atoms with van der Waals surface area (Å²) in [5.74, 6) is 0. The zero-order valence-corrected chi connectivity index (χ0v) is 12.8. The van der Waals surface area contributed by atoms with Gasteiger partial charge in [-0.25, -0.2) is 0 Å². The minimum atomic E-state index is 0.939. The molecule has 23 heavy (non-hydrogen) atoms. The van der Waals surface area contributed by atoms with E-state index in [1.54, 1.807) is 0 Å². The Hall–Kier alpha value is -3.13. The molecule has 0 aliphatic heterocycles. The van der Waals surface area contributed by atoms with Crippen LogP contribution in [0.4, 0.5) is 5.69 Å². The number of nitrogens with zero attached hydrogens (tertiary/aromatic N) is 2.